The van der Waals surface area contributed by atoms with E-state index in [9.17, 15) is 14.7 Å². The third kappa shape index (κ3) is 11.5. The number of hydrogen-bond acceptors (Lipinski definition) is 7. The molecule has 2 N–H and O–H groups in total. The van der Waals surface area contributed by atoms with Gasteiger partial charge in [-0.2, -0.15) is 37.0 Å². The summed E-state index contributed by atoms with van der Waals surface area (Å²) in [7, 11) is 0. The molecule has 2 unspecified atom stereocenters. The second-order valence-corrected chi connectivity index (χ2v) is 11.1. The van der Waals surface area contributed by atoms with Crippen LogP contribution < -0.4 is 5.32 Å². The third-order valence-electron chi connectivity index (χ3n) is 7.28. The second kappa shape index (κ2) is 20.5. The highest BCUT2D eigenvalue weighted by Crippen LogP contribution is 2.30. The molecular weight excluding hydrogens is 597 g/mol. The Bertz CT molecular complexity index is 1260. The first-order valence-electron chi connectivity index (χ1n) is 14.4. The predicted octanol–water partition coefficient (Wildman–Crippen LogP) is 6.87. The fourth-order valence-corrected chi connectivity index (χ4v) is 5.60. The van der Waals surface area contributed by atoms with Gasteiger partial charge in [0, 0.05) is 18.2 Å². The van der Waals surface area contributed by atoms with Crippen molar-refractivity contribution in [3.05, 3.63) is 95.1 Å². The number of nitrogens with one attached hydrogen (secondary N) is 1. The van der Waals surface area contributed by atoms with Crippen LogP contribution in [0.5, 0.6) is 0 Å². The zero-order valence-corrected chi connectivity index (χ0v) is 28.3. The molecule has 6 nitrogen and oxygen atoms in total. The molecule has 1 fully saturated rings. The normalized spacial score (nSPS) is 15.0. The van der Waals surface area contributed by atoms with Gasteiger partial charge in [0.2, 0.25) is 0 Å². The number of rotatable bonds is 13. The van der Waals surface area contributed by atoms with Crippen LogP contribution in [0.1, 0.15) is 46.3 Å². The van der Waals surface area contributed by atoms with Crippen molar-refractivity contribution in [2.45, 2.75) is 51.4 Å². The summed E-state index contributed by atoms with van der Waals surface area (Å²) >= 11 is 8.62. The van der Waals surface area contributed by atoms with Crippen molar-refractivity contribution in [3.63, 3.8) is 0 Å². The van der Waals surface area contributed by atoms with Crippen LogP contribution in [0.2, 0.25) is 0 Å². The lowest BCUT2D eigenvalue weighted by Crippen LogP contribution is -2.41. The van der Waals surface area contributed by atoms with Gasteiger partial charge in [-0.15, -0.1) is 0 Å². The van der Waals surface area contributed by atoms with Gasteiger partial charge in [-0.3, -0.25) is 9.69 Å². The van der Waals surface area contributed by atoms with Gasteiger partial charge in [0.15, 0.2) is 0 Å². The molecule has 0 spiro atoms. The average Bonchev–Trinajstić information content (AvgIpc) is 3.48. The first kappa shape index (κ1) is 36.8. The van der Waals surface area contributed by atoms with Crippen LogP contribution >= 0.6 is 37.0 Å². The molecule has 1 aliphatic rings. The van der Waals surface area contributed by atoms with Crippen LogP contribution in [0.25, 0.3) is 11.1 Å². The van der Waals surface area contributed by atoms with E-state index < -0.39 is 12.0 Å². The van der Waals surface area contributed by atoms with Crippen molar-refractivity contribution in [1.82, 2.24) is 10.2 Å². The van der Waals surface area contributed by atoms with Gasteiger partial charge in [-0.05, 0) is 97.2 Å². The lowest BCUT2D eigenvalue weighted by molar-refractivity contribution is -0.139. The number of aryl methyl sites for hydroxylation is 1. The molecule has 1 saturated heterocycles. The van der Waals surface area contributed by atoms with E-state index in [1.807, 2.05) is 67.8 Å². The standard InChI is InChI=1S/C32H38N2O4S.2CH4S/c1-23-9-6-7-13-27(23)29-19-25(14-15-28(29)31(35)33-30(32(36)37)16-18-39-2)20-34-17-8-12-26(34)22-38-21-24-10-4-3-5-11-24;2*1-2/h3-7,9-11,13-15,19,26,30H,8,12,16-18,20-22H2,1-2H3,(H,33,35)(H,36,37);2*2H,1H3. The van der Waals surface area contributed by atoms with Crippen molar-refractivity contribution in [2.75, 3.05) is 37.7 Å². The molecule has 3 aromatic rings. The molecular formula is C34H46N2O4S3. The number of thiol groups is 2. The monoisotopic (exact) mass is 642 g/mol. The Labute approximate surface area is 272 Å². The number of carbonyl (C=O) groups is 2. The van der Waals surface area contributed by atoms with Gasteiger partial charge in [-0.1, -0.05) is 60.7 Å². The fraction of sp³-hybridized carbons (Fsp3) is 0.412. The SMILES string of the molecule is CS.CS.CSCCC(NC(=O)c1ccc(CN2CCCC2COCc2ccccc2)cc1-c1ccccc1C)C(=O)O. The Morgan fingerprint density at radius 3 is 2.37 bits per heavy atom. The van der Waals surface area contributed by atoms with E-state index in [-0.39, 0.29) is 5.91 Å². The Balaban J connectivity index is 0.00000155. The van der Waals surface area contributed by atoms with Crippen molar-refractivity contribution in [2.24, 2.45) is 0 Å². The molecule has 1 heterocycles. The molecule has 0 aromatic heterocycles. The van der Waals surface area contributed by atoms with E-state index in [2.05, 4.69) is 53.7 Å². The zero-order chi connectivity index (χ0) is 31.6. The predicted molar refractivity (Wildman–Crippen MR) is 188 cm³/mol. The summed E-state index contributed by atoms with van der Waals surface area (Å²) in [5.74, 6) is -0.713. The molecule has 0 saturated carbocycles. The van der Waals surface area contributed by atoms with Crippen LogP contribution in [0.3, 0.4) is 0 Å². The van der Waals surface area contributed by atoms with E-state index >= 15 is 0 Å². The summed E-state index contributed by atoms with van der Waals surface area (Å²) < 4.78 is 6.07. The summed E-state index contributed by atoms with van der Waals surface area (Å²) in [4.78, 5) is 27.6. The molecule has 0 bridgehead atoms. The fourth-order valence-electron chi connectivity index (χ4n) is 5.13. The highest BCUT2D eigenvalue weighted by molar-refractivity contribution is 7.98. The largest absolute Gasteiger partial charge is 0.480 e. The smallest absolute Gasteiger partial charge is 0.326 e. The molecule has 1 aliphatic heterocycles. The molecule has 4 rings (SSSR count). The number of carbonyl (C=O) groups excluding carboxylic acids is 1. The molecule has 234 valence electrons. The lowest BCUT2D eigenvalue weighted by Gasteiger charge is -2.25. The number of likely N-dealkylation sites (tertiary alicyclic amines) is 1. The summed E-state index contributed by atoms with van der Waals surface area (Å²) in [5, 5.41) is 12.4. The van der Waals surface area contributed by atoms with Crippen molar-refractivity contribution in [1.29, 1.82) is 0 Å². The quantitative estimate of drug-likeness (QED) is 0.153. The number of hydrogen-bond donors (Lipinski definition) is 4. The minimum Gasteiger partial charge on any atom is -0.480 e. The molecule has 2 atom stereocenters. The summed E-state index contributed by atoms with van der Waals surface area (Å²) in [6.45, 7) is 5.11. The van der Waals surface area contributed by atoms with Gasteiger partial charge in [0.05, 0.1) is 13.2 Å². The molecule has 3 aromatic carbocycles. The van der Waals surface area contributed by atoms with Gasteiger partial charge in [-0.25, -0.2) is 4.79 Å². The van der Waals surface area contributed by atoms with Crippen molar-refractivity contribution >= 4 is 48.9 Å². The zero-order valence-electron chi connectivity index (χ0n) is 25.7. The van der Waals surface area contributed by atoms with Gasteiger partial charge < -0.3 is 15.2 Å². The third-order valence-corrected chi connectivity index (χ3v) is 7.93. The Hall–Kier alpha value is -2.43. The Morgan fingerprint density at radius 1 is 1.00 bits per heavy atom. The number of benzene rings is 3. The van der Waals surface area contributed by atoms with Crippen molar-refractivity contribution in [3.8, 4) is 11.1 Å². The van der Waals surface area contributed by atoms with Crippen LogP contribution in [-0.2, 0) is 22.7 Å². The first-order chi connectivity index (χ1) is 21.0. The minimum absolute atomic E-state index is 0.353. The topological polar surface area (TPSA) is 78.9 Å². The number of nitrogens with zero attached hydrogens (tertiary/aromatic N) is 1. The molecule has 9 heteroatoms. The summed E-state index contributed by atoms with van der Waals surface area (Å²) in [5.41, 5.74) is 5.66. The molecule has 1 amide bonds. The van der Waals surface area contributed by atoms with E-state index in [1.54, 1.807) is 24.3 Å². The van der Waals surface area contributed by atoms with E-state index in [1.165, 1.54) is 5.56 Å². The van der Waals surface area contributed by atoms with E-state index in [4.69, 9.17) is 4.74 Å². The second-order valence-electron chi connectivity index (χ2n) is 10.1. The maximum Gasteiger partial charge on any atom is 0.326 e. The number of ether oxygens (including phenoxy) is 1. The van der Waals surface area contributed by atoms with E-state index in [0.717, 1.165) is 48.2 Å². The Kier molecular flexibility index (Phi) is 17.5. The molecule has 0 aliphatic carbocycles. The summed E-state index contributed by atoms with van der Waals surface area (Å²) in [6, 6.07) is 23.6. The maximum absolute atomic E-state index is 13.4. The average molecular weight is 643 g/mol. The highest BCUT2D eigenvalue weighted by atomic mass is 32.2. The van der Waals surface area contributed by atoms with Crippen LogP contribution in [-0.4, -0.2) is 71.6 Å². The minimum atomic E-state index is -1.01. The molecule has 0 radical (unpaired) electrons. The summed E-state index contributed by atoms with van der Waals surface area (Å²) in [6.07, 6.45) is 7.93. The van der Waals surface area contributed by atoms with Gasteiger partial charge in [0.1, 0.15) is 6.04 Å². The van der Waals surface area contributed by atoms with Gasteiger partial charge >= 0.3 is 5.97 Å². The van der Waals surface area contributed by atoms with Crippen LogP contribution in [0.15, 0.2) is 72.8 Å². The number of amides is 1. The number of carboxylic acids is 1. The van der Waals surface area contributed by atoms with Crippen LogP contribution in [0, 0.1) is 6.92 Å². The molecule has 43 heavy (non-hydrogen) atoms. The Morgan fingerprint density at radius 2 is 1.70 bits per heavy atom. The maximum atomic E-state index is 13.4. The first-order valence-corrected chi connectivity index (χ1v) is 17.6. The number of thioether (sulfide) groups is 1. The van der Waals surface area contributed by atoms with Gasteiger partial charge in [0.25, 0.3) is 5.91 Å². The highest BCUT2D eigenvalue weighted by Gasteiger charge is 2.26. The number of aliphatic carboxylic acids is 1. The lowest BCUT2D eigenvalue weighted by atomic mass is 9.93. The van der Waals surface area contributed by atoms with Crippen LogP contribution in [0.4, 0.5) is 0 Å². The van der Waals surface area contributed by atoms with Crippen molar-refractivity contribution < 1.29 is 19.4 Å². The van der Waals surface area contributed by atoms with E-state index in [0.29, 0.717) is 37.0 Å². The number of carboxylic acid groups (broad SMARTS) is 1.